The SMILES string of the molecule is CN1CCN(CCCCNC(=O)C2(c3cccc(Cl)c3)CC2)CC1. The van der Waals surface area contributed by atoms with E-state index in [2.05, 4.69) is 22.2 Å². The highest BCUT2D eigenvalue weighted by atomic mass is 35.5. The number of nitrogens with one attached hydrogen (secondary N) is 1. The fraction of sp³-hybridized carbons (Fsp3) is 0.632. The predicted octanol–water partition coefficient (Wildman–Crippen LogP) is 2.52. The van der Waals surface area contributed by atoms with Crippen molar-refractivity contribution in [2.24, 2.45) is 0 Å². The standard InChI is InChI=1S/C19H28ClN3O/c1-22-11-13-23(14-12-22)10-3-2-9-21-18(24)19(7-8-19)16-5-4-6-17(20)15-16/h4-6,15H,2-3,7-14H2,1H3,(H,21,24). The van der Waals surface area contributed by atoms with Crippen molar-refractivity contribution >= 4 is 17.5 Å². The average molecular weight is 350 g/mol. The molecule has 1 heterocycles. The lowest BCUT2D eigenvalue weighted by atomic mass is 9.95. The average Bonchev–Trinajstić information content (AvgIpc) is 3.38. The summed E-state index contributed by atoms with van der Waals surface area (Å²) in [7, 11) is 2.18. The molecule has 0 unspecified atom stereocenters. The summed E-state index contributed by atoms with van der Waals surface area (Å²) >= 11 is 6.07. The molecular weight excluding hydrogens is 322 g/mol. The Balaban J connectivity index is 1.37. The van der Waals surface area contributed by atoms with Crippen LogP contribution in [0.25, 0.3) is 0 Å². The summed E-state index contributed by atoms with van der Waals surface area (Å²) in [6, 6.07) is 7.74. The van der Waals surface area contributed by atoms with Crippen LogP contribution in [0.5, 0.6) is 0 Å². The molecule has 2 fully saturated rings. The van der Waals surface area contributed by atoms with Gasteiger partial charge in [0.25, 0.3) is 0 Å². The van der Waals surface area contributed by atoms with Gasteiger partial charge in [-0.05, 0) is 57.0 Å². The van der Waals surface area contributed by atoms with Crippen molar-refractivity contribution in [1.82, 2.24) is 15.1 Å². The fourth-order valence-corrected chi connectivity index (χ4v) is 3.65. The van der Waals surface area contributed by atoms with Crippen molar-refractivity contribution in [2.45, 2.75) is 31.1 Å². The van der Waals surface area contributed by atoms with Gasteiger partial charge in [-0.3, -0.25) is 4.79 Å². The van der Waals surface area contributed by atoms with Gasteiger partial charge in [-0.2, -0.15) is 0 Å². The fourth-order valence-electron chi connectivity index (χ4n) is 3.46. The number of unbranched alkanes of at least 4 members (excludes halogenated alkanes) is 1. The van der Waals surface area contributed by atoms with E-state index in [1.807, 2.05) is 24.3 Å². The highest BCUT2D eigenvalue weighted by Crippen LogP contribution is 2.48. The number of nitrogens with zero attached hydrogens (tertiary/aromatic N) is 2. The molecule has 1 saturated heterocycles. The minimum absolute atomic E-state index is 0.171. The van der Waals surface area contributed by atoms with Crippen LogP contribution < -0.4 is 5.32 Å². The van der Waals surface area contributed by atoms with Gasteiger partial charge in [-0.25, -0.2) is 0 Å². The molecule has 0 aromatic heterocycles. The second-order valence-corrected chi connectivity index (χ2v) is 7.64. The van der Waals surface area contributed by atoms with E-state index < -0.39 is 0 Å². The Labute approximate surface area is 150 Å². The van der Waals surface area contributed by atoms with Crippen LogP contribution in [0.1, 0.15) is 31.2 Å². The molecule has 1 aliphatic heterocycles. The summed E-state index contributed by atoms with van der Waals surface area (Å²) in [6.45, 7) is 6.58. The zero-order chi connectivity index (χ0) is 17.0. The van der Waals surface area contributed by atoms with Crippen LogP contribution in [0.4, 0.5) is 0 Å². The maximum Gasteiger partial charge on any atom is 0.230 e. The zero-order valence-corrected chi connectivity index (χ0v) is 15.3. The summed E-state index contributed by atoms with van der Waals surface area (Å²) < 4.78 is 0. The molecule has 132 valence electrons. The topological polar surface area (TPSA) is 35.6 Å². The first-order valence-electron chi connectivity index (χ1n) is 9.05. The Morgan fingerprint density at radius 2 is 1.96 bits per heavy atom. The third kappa shape index (κ3) is 4.29. The molecule has 3 rings (SSSR count). The summed E-state index contributed by atoms with van der Waals surface area (Å²) in [5.74, 6) is 0.171. The molecule has 5 heteroatoms. The molecule has 0 radical (unpaired) electrons. The van der Waals surface area contributed by atoms with E-state index in [1.54, 1.807) is 0 Å². The van der Waals surface area contributed by atoms with Gasteiger partial charge < -0.3 is 15.1 Å². The number of hydrogen-bond acceptors (Lipinski definition) is 3. The van der Waals surface area contributed by atoms with Crippen LogP contribution >= 0.6 is 11.6 Å². The number of benzene rings is 1. The van der Waals surface area contributed by atoms with Gasteiger partial charge in [0.05, 0.1) is 5.41 Å². The second kappa shape index (κ2) is 7.85. The van der Waals surface area contributed by atoms with Gasteiger partial charge >= 0.3 is 0 Å². The number of hydrogen-bond donors (Lipinski definition) is 1. The third-order valence-electron chi connectivity index (χ3n) is 5.34. The lowest BCUT2D eigenvalue weighted by Gasteiger charge is -2.32. The summed E-state index contributed by atoms with van der Waals surface area (Å²) in [4.78, 5) is 17.5. The highest BCUT2D eigenvalue weighted by Gasteiger charge is 2.51. The summed E-state index contributed by atoms with van der Waals surface area (Å²) in [6.07, 6.45) is 4.05. The third-order valence-corrected chi connectivity index (χ3v) is 5.58. The van der Waals surface area contributed by atoms with E-state index >= 15 is 0 Å². The lowest BCUT2D eigenvalue weighted by Crippen LogP contribution is -2.44. The molecule has 24 heavy (non-hydrogen) atoms. The van der Waals surface area contributed by atoms with Gasteiger partial charge in [0.1, 0.15) is 0 Å². The maximum absolute atomic E-state index is 12.6. The monoisotopic (exact) mass is 349 g/mol. The minimum Gasteiger partial charge on any atom is -0.355 e. The van der Waals surface area contributed by atoms with Gasteiger partial charge in [0, 0.05) is 37.7 Å². The number of carbonyl (C=O) groups is 1. The number of likely N-dealkylation sites (N-methyl/N-ethyl adjacent to an activating group) is 1. The first kappa shape index (κ1) is 17.7. The zero-order valence-electron chi connectivity index (χ0n) is 14.6. The maximum atomic E-state index is 12.6. The molecule has 0 spiro atoms. The Hall–Kier alpha value is -1.10. The van der Waals surface area contributed by atoms with Crippen LogP contribution in [0.2, 0.25) is 5.02 Å². The molecular formula is C19H28ClN3O. The van der Waals surface area contributed by atoms with Crippen molar-refractivity contribution in [3.63, 3.8) is 0 Å². The van der Waals surface area contributed by atoms with Crippen molar-refractivity contribution in [2.75, 3.05) is 46.3 Å². The molecule has 4 nitrogen and oxygen atoms in total. The lowest BCUT2D eigenvalue weighted by molar-refractivity contribution is -0.123. The summed E-state index contributed by atoms with van der Waals surface area (Å²) in [5, 5.41) is 3.85. The van der Waals surface area contributed by atoms with E-state index in [4.69, 9.17) is 11.6 Å². The number of rotatable bonds is 7. The molecule has 2 aliphatic rings. The van der Waals surface area contributed by atoms with E-state index in [0.717, 1.165) is 44.3 Å². The Morgan fingerprint density at radius 3 is 2.62 bits per heavy atom. The quantitative estimate of drug-likeness (QED) is 0.768. The van der Waals surface area contributed by atoms with Crippen LogP contribution in [0.15, 0.2) is 24.3 Å². The smallest absolute Gasteiger partial charge is 0.230 e. The van der Waals surface area contributed by atoms with E-state index in [-0.39, 0.29) is 11.3 Å². The normalized spacial score (nSPS) is 20.8. The Bertz CT molecular complexity index is 565. The molecule has 1 aliphatic carbocycles. The van der Waals surface area contributed by atoms with Crippen LogP contribution in [-0.2, 0) is 10.2 Å². The van der Waals surface area contributed by atoms with Gasteiger partial charge in [-0.1, -0.05) is 23.7 Å². The Kier molecular flexibility index (Phi) is 5.80. The minimum atomic E-state index is -0.317. The van der Waals surface area contributed by atoms with Crippen molar-refractivity contribution in [3.05, 3.63) is 34.9 Å². The molecule has 1 amide bonds. The van der Waals surface area contributed by atoms with Gasteiger partial charge in [0.15, 0.2) is 0 Å². The van der Waals surface area contributed by atoms with Gasteiger partial charge in [0.2, 0.25) is 5.91 Å². The first-order chi connectivity index (χ1) is 11.6. The molecule has 1 aromatic rings. The van der Waals surface area contributed by atoms with Crippen molar-refractivity contribution < 1.29 is 4.79 Å². The predicted molar refractivity (Wildman–Crippen MR) is 98.5 cm³/mol. The van der Waals surface area contributed by atoms with Crippen molar-refractivity contribution in [3.8, 4) is 0 Å². The van der Waals surface area contributed by atoms with Crippen LogP contribution in [-0.4, -0.2) is 62.0 Å². The Morgan fingerprint density at radius 1 is 1.21 bits per heavy atom. The highest BCUT2D eigenvalue weighted by molar-refractivity contribution is 6.30. The largest absolute Gasteiger partial charge is 0.355 e. The first-order valence-corrected chi connectivity index (χ1v) is 9.43. The summed E-state index contributed by atoms with van der Waals surface area (Å²) in [5.41, 5.74) is 0.743. The van der Waals surface area contributed by atoms with E-state index in [0.29, 0.717) is 5.02 Å². The number of piperazine rings is 1. The number of amides is 1. The van der Waals surface area contributed by atoms with E-state index in [1.165, 1.54) is 26.2 Å². The van der Waals surface area contributed by atoms with Gasteiger partial charge in [-0.15, -0.1) is 0 Å². The molecule has 0 bridgehead atoms. The van der Waals surface area contributed by atoms with Crippen LogP contribution in [0.3, 0.4) is 0 Å². The number of halogens is 1. The molecule has 1 aromatic carbocycles. The molecule has 0 atom stereocenters. The molecule has 1 N–H and O–H groups in total. The number of carbonyl (C=O) groups excluding carboxylic acids is 1. The van der Waals surface area contributed by atoms with Crippen LogP contribution in [0, 0.1) is 0 Å². The second-order valence-electron chi connectivity index (χ2n) is 7.20. The van der Waals surface area contributed by atoms with E-state index in [9.17, 15) is 4.79 Å². The van der Waals surface area contributed by atoms with Crippen molar-refractivity contribution in [1.29, 1.82) is 0 Å². The molecule has 1 saturated carbocycles.